The minimum absolute atomic E-state index is 0.358. The van der Waals surface area contributed by atoms with Crippen LogP contribution in [0.3, 0.4) is 0 Å². The summed E-state index contributed by atoms with van der Waals surface area (Å²) < 4.78 is 8.11. The lowest BCUT2D eigenvalue weighted by molar-refractivity contribution is 0.0921. The maximum absolute atomic E-state index is 9.05. The van der Waals surface area contributed by atoms with Crippen LogP contribution in [0.25, 0.3) is 22.2 Å². The lowest BCUT2D eigenvalue weighted by Gasteiger charge is -2.42. The number of ether oxygens (including phenoxy) is 1. The second kappa shape index (κ2) is 9.32. The largest absolute Gasteiger partial charge is 0.494 e. The van der Waals surface area contributed by atoms with Gasteiger partial charge in [-0.05, 0) is 62.4 Å². The van der Waals surface area contributed by atoms with Gasteiger partial charge in [-0.2, -0.15) is 0 Å². The number of nitrogens with two attached hydrogens (primary N) is 1. The van der Waals surface area contributed by atoms with Gasteiger partial charge in [0.2, 0.25) is 0 Å². The fourth-order valence-electron chi connectivity index (χ4n) is 4.76. The summed E-state index contributed by atoms with van der Waals surface area (Å²) in [6.07, 6.45) is 8.36. The molecule has 0 radical (unpaired) electrons. The molecule has 0 spiro atoms. The quantitative estimate of drug-likeness (QED) is 0.335. The number of fused-ring (bicyclic) bond motifs is 1. The third-order valence-corrected chi connectivity index (χ3v) is 7.34. The lowest BCUT2D eigenvalue weighted by atomic mass is 9.79. The fourth-order valence-corrected chi connectivity index (χ4v) is 5.17. The van der Waals surface area contributed by atoms with Crippen molar-refractivity contribution in [3.8, 4) is 16.9 Å². The van der Waals surface area contributed by atoms with Crippen LogP contribution in [-0.4, -0.2) is 61.6 Å². The summed E-state index contributed by atoms with van der Waals surface area (Å²) >= 11 is 0. The van der Waals surface area contributed by atoms with E-state index in [1.54, 1.807) is 6.33 Å². The minimum atomic E-state index is -1.87. The molecule has 9 heteroatoms. The van der Waals surface area contributed by atoms with E-state index in [0.29, 0.717) is 31.0 Å². The van der Waals surface area contributed by atoms with Crippen LogP contribution in [0.4, 0.5) is 5.82 Å². The van der Waals surface area contributed by atoms with Gasteiger partial charge < -0.3 is 29.7 Å². The van der Waals surface area contributed by atoms with Crippen LogP contribution in [0.15, 0.2) is 36.8 Å². The van der Waals surface area contributed by atoms with E-state index in [2.05, 4.69) is 25.6 Å². The standard InChI is InChI=1S/C23H30N5O3P/c24-22-21-20(17-4-1-5-19(12-17)31-8-3-9-32(29)30)14-28(23(21)26-15-25-22)18-10-16(11-18)13-27-6-2-7-27/h1,4-5,12,14-16,18,29-30H,2-3,6-11,13H2,(H2,24,25,26)/t16-,18+. The number of likely N-dealkylation sites (tertiary alicyclic amines) is 1. The first-order chi connectivity index (χ1) is 15.6. The second-order valence-electron chi connectivity index (χ2n) is 8.88. The fraction of sp³-hybridized carbons (Fsp3) is 0.478. The summed E-state index contributed by atoms with van der Waals surface area (Å²) in [5.41, 5.74) is 9.22. The van der Waals surface area contributed by atoms with Crippen LogP contribution in [0.5, 0.6) is 5.75 Å². The Kier molecular flexibility index (Phi) is 6.28. The highest BCUT2D eigenvalue weighted by atomic mass is 31.2. The molecule has 32 heavy (non-hydrogen) atoms. The molecule has 1 aliphatic carbocycles. The van der Waals surface area contributed by atoms with Crippen molar-refractivity contribution in [2.45, 2.75) is 31.7 Å². The predicted molar refractivity (Wildman–Crippen MR) is 127 cm³/mol. The molecule has 8 nitrogen and oxygen atoms in total. The van der Waals surface area contributed by atoms with E-state index >= 15 is 0 Å². The van der Waals surface area contributed by atoms with E-state index in [9.17, 15) is 0 Å². The molecule has 1 saturated heterocycles. The van der Waals surface area contributed by atoms with E-state index in [1.807, 2.05) is 24.3 Å². The Morgan fingerprint density at radius 1 is 1.19 bits per heavy atom. The first-order valence-electron chi connectivity index (χ1n) is 11.3. The summed E-state index contributed by atoms with van der Waals surface area (Å²) in [6.45, 7) is 4.16. The van der Waals surface area contributed by atoms with Crippen molar-refractivity contribution in [1.29, 1.82) is 0 Å². The number of rotatable bonds is 9. The molecule has 170 valence electrons. The smallest absolute Gasteiger partial charge is 0.165 e. The van der Waals surface area contributed by atoms with E-state index in [-0.39, 0.29) is 0 Å². The molecule has 2 aliphatic rings. The third kappa shape index (κ3) is 4.46. The van der Waals surface area contributed by atoms with Crippen molar-refractivity contribution in [3.63, 3.8) is 0 Å². The first kappa shape index (κ1) is 21.6. The van der Waals surface area contributed by atoms with Gasteiger partial charge in [0.1, 0.15) is 23.5 Å². The molecule has 0 amide bonds. The molecule has 1 saturated carbocycles. The summed E-state index contributed by atoms with van der Waals surface area (Å²) in [5.74, 6) is 2.00. The van der Waals surface area contributed by atoms with Crippen molar-refractivity contribution in [1.82, 2.24) is 19.4 Å². The van der Waals surface area contributed by atoms with Crippen LogP contribution in [0, 0.1) is 5.92 Å². The van der Waals surface area contributed by atoms with Gasteiger partial charge in [0.05, 0.1) is 12.0 Å². The summed E-state index contributed by atoms with van der Waals surface area (Å²) in [6, 6.07) is 8.37. The second-order valence-corrected chi connectivity index (χ2v) is 10.1. The average Bonchev–Trinajstić information content (AvgIpc) is 3.10. The highest BCUT2D eigenvalue weighted by Crippen LogP contribution is 2.43. The van der Waals surface area contributed by atoms with Gasteiger partial charge in [0.25, 0.3) is 0 Å². The molecule has 2 aromatic heterocycles. The van der Waals surface area contributed by atoms with Crippen LogP contribution in [0.1, 0.15) is 31.7 Å². The number of hydrogen-bond acceptors (Lipinski definition) is 7. The molecule has 3 aromatic rings. The normalized spacial score (nSPS) is 21.0. The summed E-state index contributed by atoms with van der Waals surface area (Å²) in [5, 5.41) is 0.891. The molecular formula is C23H30N5O3P. The van der Waals surface area contributed by atoms with Gasteiger partial charge in [-0.3, -0.25) is 0 Å². The van der Waals surface area contributed by atoms with E-state index < -0.39 is 8.38 Å². The minimum Gasteiger partial charge on any atom is -0.494 e. The van der Waals surface area contributed by atoms with Gasteiger partial charge in [0.15, 0.2) is 8.38 Å². The van der Waals surface area contributed by atoms with E-state index in [1.165, 1.54) is 38.9 Å². The van der Waals surface area contributed by atoms with Crippen molar-refractivity contribution < 1.29 is 14.5 Å². The third-order valence-electron chi connectivity index (χ3n) is 6.62. The Hall–Kier alpha value is -2.25. The van der Waals surface area contributed by atoms with Crippen LogP contribution < -0.4 is 10.5 Å². The number of benzene rings is 1. The average molecular weight is 455 g/mol. The van der Waals surface area contributed by atoms with Gasteiger partial charge in [0, 0.05) is 30.5 Å². The highest BCUT2D eigenvalue weighted by molar-refractivity contribution is 7.45. The summed E-state index contributed by atoms with van der Waals surface area (Å²) in [4.78, 5) is 29.5. The molecule has 2 fully saturated rings. The zero-order valence-electron chi connectivity index (χ0n) is 18.1. The van der Waals surface area contributed by atoms with Crippen molar-refractivity contribution in [3.05, 3.63) is 36.8 Å². The Bertz CT molecular complexity index is 1080. The molecule has 0 unspecified atom stereocenters. The van der Waals surface area contributed by atoms with Crippen molar-refractivity contribution in [2.24, 2.45) is 5.92 Å². The molecule has 1 aromatic carbocycles. The molecule has 0 bridgehead atoms. The number of nitrogen functional groups attached to an aromatic ring is 1. The van der Waals surface area contributed by atoms with Crippen molar-refractivity contribution in [2.75, 3.05) is 38.1 Å². The molecular weight excluding hydrogens is 425 g/mol. The first-order valence-corrected chi connectivity index (χ1v) is 12.7. The maximum atomic E-state index is 9.05. The van der Waals surface area contributed by atoms with E-state index in [0.717, 1.165) is 33.8 Å². The van der Waals surface area contributed by atoms with Crippen molar-refractivity contribution >= 4 is 25.2 Å². The molecule has 0 atom stereocenters. The Balaban J connectivity index is 1.37. The zero-order valence-corrected chi connectivity index (χ0v) is 19.0. The van der Waals surface area contributed by atoms with Crippen LogP contribution in [0.2, 0.25) is 0 Å². The topological polar surface area (TPSA) is 110 Å². The SMILES string of the molecule is Nc1ncnc2c1c(-c1cccc(OCCCP(O)O)c1)cn2[C@H]1C[C@@H](CN2CCC2)C1. The molecule has 5 rings (SSSR count). The number of anilines is 1. The van der Waals surface area contributed by atoms with Crippen LogP contribution >= 0.6 is 8.38 Å². The highest BCUT2D eigenvalue weighted by Gasteiger charge is 2.34. The predicted octanol–water partition coefficient (Wildman–Crippen LogP) is 3.40. The lowest BCUT2D eigenvalue weighted by Crippen LogP contribution is -2.43. The Morgan fingerprint density at radius 3 is 2.78 bits per heavy atom. The molecule has 3 heterocycles. The summed E-state index contributed by atoms with van der Waals surface area (Å²) in [7, 11) is -1.87. The number of nitrogens with zero attached hydrogens (tertiary/aromatic N) is 4. The molecule has 4 N–H and O–H groups in total. The van der Waals surface area contributed by atoms with Gasteiger partial charge in [-0.25, -0.2) is 9.97 Å². The van der Waals surface area contributed by atoms with Gasteiger partial charge in [-0.1, -0.05) is 12.1 Å². The number of hydrogen-bond donors (Lipinski definition) is 3. The van der Waals surface area contributed by atoms with Gasteiger partial charge >= 0.3 is 0 Å². The van der Waals surface area contributed by atoms with Crippen LogP contribution in [-0.2, 0) is 0 Å². The zero-order chi connectivity index (χ0) is 22.1. The number of aromatic nitrogens is 3. The monoisotopic (exact) mass is 455 g/mol. The molecule has 1 aliphatic heterocycles. The van der Waals surface area contributed by atoms with Gasteiger partial charge in [-0.15, -0.1) is 0 Å². The Morgan fingerprint density at radius 2 is 2.03 bits per heavy atom. The maximum Gasteiger partial charge on any atom is 0.165 e. The van der Waals surface area contributed by atoms with E-state index in [4.69, 9.17) is 20.3 Å². The Labute approximate surface area is 189 Å².